The summed E-state index contributed by atoms with van der Waals surface area (Å²) in [6.45, 7) is 3.15. The molecule has 29 heavy (non-hydrogen) atoms. The van der Waals surface area contributed by atoms with E-state index < -0.39 is 0 Å². The van der Waals surface area contributed by atoms with Gasteiger partial charge in [0.1, 0.15) is 5.82 Å². The van der Waals surface area contributed by atoms with Gasteiger partial charge in [0.2, 0.25) is 0 Å². The second kappa shape index (κ2) is 7.91. The minimum Gasteiger partial charge on any atom is -0.362 e. The zero-order valence-electron chi connectivity index (χ0n) is 17.0. The van der Waals surface area contributed by atoms with E-state index in [2.05, 4.69) is 5.32 Å². The number of hydrogen-bond acceptors (Lipinski definition) is 4. The van der Waals surface area contributed by atoms with Gasteiger partial charge >= 0.3 is 6.03 Å². The molecular weight excluding hydrogens is 362 g/mol. The third-order valence-electron chi connectivity index (χ3n) is 5.08. The van der Waals surface area contributed by atoms with Gasteiger partial charge in [0.25, 0.3) is 0 Å². The second-order valence-corrected chi connectivity index (χ2v) is 7.52. The molecule has 0 saturated carbocycles. The molecule has 0 unspecified atom stereocenters. The molecule has 148 valence electrons. The minimum absolute atomic E-state index is 0.101. The SMILES string of the molecule is Cc1ccc(NC(=O)N2CCc3nc(-c4ccccc4)nc(N(C)C)c3C2)cc1. The van der Waals surface area contributed by atoms with E-state index in [1.54, 1.807) is 0 Å². The maximum atomic E-state index is 12.8. The standard InChI is InChI=1S/C23H25N5O/c1-16-9-11-18(12-10-16)24-23(29)28-14-13-20-19(15-28)22(27(2)3)26-21(25-20)17-7-5-4-6-8-17/h4-12H,13-15H2,1-3H3,(H,24,29). The van der Waals surface area contributed by atoms with Crippen LogP contribution in [0.1, 0.15) is 16.8 Å². The van der Waals surface area contributed by atoms with E-state index >= 15 is 0 Å². The Morgan fingerprint density at radius 1 is 1.03 bits per heavy atom. The van der Waals surface area contributed by atoms with Crippen molar-refractivity contribution < 1.29 is 4.79 Å². The number of amides is 2. The molecule has 1 N–H and O–H groups in total. The van der Waals surface area contributed by atoms with Gasteiger partial charge in [0.15, 0.2) is 5.82 Å². The Labute approximate surface area is 171 Å². The van der Waals surface area contributed by atoms with E-state index in [1.807, 2.05) is 85.4 Å². The van der Waals surface area contributed by atoms with Gasteiger partial charge in [-0.25, -0.2) is 14.8 Å². The number of aryl methyl sites for hydroxylation is 1. The van der Waals surface area contributed by atoms with Crippen LogP contribution in [0.15, 0.2) is 54.6 Å². The number of nitrogens with zero attached hydrogens (tertiary/aromatic N) is 4. The molecular formula is C23H25N5O. The average molecular weight is 387 g/mol. The number of carbonyl (C=O) groups excluding carboxylic acids is 1. The normalized spacial score (nSPS) is 13.0. The fraction of sp³-hybridized carbons (Fsp3) is 0.261. The maximum Gasteiger partial charge on any atom is 0.322 e. The molecule has 2 aromatic carbocycles. The lowest BCUT2D eigenvalue weighted by Crippen LogP contribution is -2.40. The highest BCUT2D eigenvalue weighted by atomic mass is 16.2. The van der Waals surface area contributed by atoms with Crippen LogP contribution in [0, 0.1) is 6.92 Å². The van der Waals surface area contributed by atoms with E-state index in [0.29, 0.717) is 19.5 Å². The molecule has 0 saturated heterocycles. The monoisotopic (exact) mass is 387 g/mol. The summed E-state index contributed by atoms with van der Waals surface area (Å²) in [6.07, 6.45) is 0.708. The van der Waals surface area contributed by atoms with Gasteiger partial charge in [-0.3, -0.25) is 0 Å². The fourth-order valence-electron chi connectivity index (χ4n) is 3.50. The Kier molecular flexibility index (Phi) is 5.16. The van der Waals surface area contributed by atoms with Gasteiger partial charge in [-0.05, 0) is 19.1 Å². The van der Waals surface area contributed by atoms with Crippen molar-refractivity contribution in [1.82, 2.24) is 14.9 Å². The van der Waals surface area contributed by atoms with Gasteiger partial charge in [0, 0.05) is 43.9 Å². The summed E-state index contributed by atoms with van der Waals surface area (Å²) in [7, 11) is 3.95. The first-order valence-electron chi connectivity index (χ1n) is 9.76. The summed E-state index contributed by atoms with van der Waals surface area (Å²) in [5.41, 5.74) is 4.99. The van der Waals surface area contributed by atoms with E-state index in [1.165, 1.54) is 0 Å². The molecule has 0 bridgehead atoms. The molecule has 2 amide bonds. The van der Waals surface area contributed by atoms with Crippen molar-refractivity contribution in [3.8, 4) is 11.4 Å². The highest BCUT2D eigenvalue weighted by molar-refractivity contribution is 5.89. The van der Waals surface area contributed by atoms with Gasteiger partial charge in [-0.15, -0.1) is 0 Å². The zero-order valence-corrected chi connectivity index (χ0v) is 17.0. The lowest BCUT2D eigenvalue weighted by Gasteiger charge is -2.31. The summed E-state index contributed by atoms with van der Waals surface area (Å²) in [6, 6.07) is 17.7. The molecule has 3 aromatic rings. The highest BCUT2D eigenvalue weighted by Gasteiger charge is 2.26. The van der Waals surface area contributed by atoms with Crippen LogP contribution >= 0.6 is 0 Å². The van der Waals surface area contributed by atoms with E-state index in [9.17, 15) is 4.79 Å². The van der Waals surface area contributed by atoms with Crippen LogP contribution in [0.2, 0.25) is 0 Å². The van der Waals surface area contributed by atoms with Crippen molar-refractivity contribution in [2.75, 3.05) is 30.9 Å². The molecule has 1 aliphatic rings. The second-order valence-electron chi connectivity index (χ2n) is 7.52. The van der Waals surface area contributed by atoms with Gasteiger partial charge < -0.3 is 15.1 Å². The predicted molar refractivity (Wildman–Crippen MR) is 116 cm³/mol. The summed E-state index contributed by atoms with van der Waals surface area (Å²) in [5.74, 6) is 1.59. The number of aromatic nitrogens is 2. The quantitative estimate of drug-likeness (QED) is 0.735. The molecule has 0 aliphatic carbocycles. The van der Waals surface area contributed by atoms with Crippen LogP contribution in [-0.2, 0) is 13.0 Å². The van der Waals surface area contributed by atoms with Crippen molar-refractivity contribution >= 4 is 17.5 Å². The third kappa shape index (κ3) is 4.06. The Morgan fingerprint density at radius 3 is 2.45 bits per heavy atom. The zero-order chi connectivity index (χ0) is 20.4. The topological polar surface area (TPSA) is 61.4 Å². The summed E-state index contributed by atoms with van der Waals surface area (Å²) in [4.78, 5) is 26.2. The molecule has 0 spiro atoms. The van der Waals surface area contributed by atoms with Gasteiger partial charge in [0.05, 0.1) is 12.2 Å². The van der Waals surface area contributed by atoms with E-state index in [-0.39, 0.29) is 6.03 Å². The summed E-state index contributed by atoms with van der Waals surface area (Å²) < 4.78 is 0. The highest BCUT2D eigenvalue weighted by Crippen LogP contribution is 2.29. The average Bonchev–Trinajstić information content (AvgIpc) is 2.74. The van der Waals surface area contributed by atoms with Crippen molar-refractivity contribution in [2.24, 2.45) is 0 Å². The number of hydrogen-bond donors (Lipinski definition) is 1. The molecule has 0 fully saturated rings. The van der Waals surface area contributed by atoms with Crippen LogP contribution in [0.5, 0.6) is 0 Å². The van der Waals surface area contributed by atoms with Crippen LogP contribution in [0.25, 0.3) is 11.4 Å². The molecule has 1 aliphatic heterocycles. The van der Waals surface area contributed by atoms with Crippen LogP contribution in [0.3, 0.4) is 0 Å². The Balaban J connectivity index is 1.60. The van der Waals surface area contributed by atoms with Crippen LogP contribution in [0.4, 0.5) is 16.3 Å². The number of nitrogens with one attached hydrogen (secondary N) is 1. The predicted octanol–water partition coefficient (Wildman–Crippen LogP) is 4.11. The maximum absolute atomic E-state index is 12.8. The third-order valence-corrected chi connectivity index (χ3v) is 5.08. The first kappa shape index (κ1) is 18.9. The molecule has 4 rings (SSSR count). The fourth-order valence-corrected chi connectivity index (χ4v) is 3.50. The molecule has 6 nitrogen and oxygen atoms in total. The van der Waals surface area contributed by atoms with E-state index in [4.69, 9.17) is 9.97 Å². The number of anilines is 2. The van der Waals surface area contributed by atoms with Crippen LogP contribution in [-0.4, -0.2) is 41.5 Å². The van der Waals surface area contributed by atoms with Gasteiger partial charge in [-0.1, -0.05) is 48.0 Å². The van der Waals surface area contributed by atoms with Crippen molar-refractivity contribution in [3.05, 3.63) is 71.4 Å². The minimum atomic E-state index is -0.101. The lowest BCUT2D eigenvalue weighted by molar-refractivity contribution is 0.206. The molecule has 0 atom stereocenters. The summed E-state index contributed by atoms with van der Waals surface area (Å²) in [5, 5.41) is 2.99. The van der Waals surface area contributed by atoms with Crippen molar-refractivity contribution in [2.45, 2.75) is 19.9 Å². The molecule has 1 aromatic heterocycles. The first-order chi connectivity index (χ1) is 14.0. The molecule has 2 heterocycles. The first-order valence-corrected chi connectivity index (χ1v) is 9.76. The molecule has 0 radical (unpaired) electrons. The van der Waals surface area contributed by atoms with Crippen molar-refractivity contribution in [1.29, 1.82) is 0 Å². The number of fused-ring (bicyclic) bond motifs is 1. The largest absolute Gasteiger partial charge is 0.362 e. The molecule has 6 heteroatoms. The Hall–Kier alpha value is -3.41. The Morgan fingerprint density at radius 2 is 1.76 bits per heavy atom. The van der Waals surface area contributed by atoms with Gasteiger partial charge in [-0.2, -0.15) is 0 Å². The van der Waals surface area contributed by atoms with Crippen molar-refractivity contribution in [3.63, 3.8) is 0 Å². The number of rotatable bonds is 3. The van der Waals surface area contributed by atoms with E-state index in [0.717, 1.165) is 39.7 Å². The number of carbonyl (C=O) groups is 1. The number of benzene rings is 2. The smallest absolute Gasteiger partial charge is 0.322 e. The lowest BCUT2D eigenvalue weighted by atomic mass is 10.1. The summed E-state index contributed by atoms with van der Waals surface area (Å²) >= 11 is 0. The van der Waals surface area contributed by atoms with Crippen LogP contribution < -0.4 is 10.2 Å². The Bertz CT molecular complexity index is 1020. The number of urea groups is 1.